The largest absolute Gasteiger partial charge is 0.394 e. The Morgan fingerprint density at radius 3 is 2.39 bits per heavy atom. The molecule has 0 unspecified atom stereocenters. The highest BCUT2D eigenvalue weighted by molar-refractivity contribution is 5.96. The van der Waals surface area contributed by atoms with E-state index in [0.29, 0.717) is 5.56 Å². The summed E-state index contributed by atoms with van der Waals surface area (Å²) >= 11 is 0. The number of carbonyl (C=O) groups excluding carboxylic acids is 1. The van der Waals surface area contributed by atoms with Gasteiger partial charge in [0.2, 0.25) is 0 Å². The smallest absolute Gasteiger partial charge is 0.252 e. The molecule has 0 saturated heterocycles. The first-order valence-corrected chi connectivity index (χ1v) is 6.48. The third-order valence-electron chi connectivity index (χ3n) is 3.67. The summed E-state index contributed by atoms with van der Waals surface area (Å²) in [5, 5.41) is 12.5. The summed E-state index contributed by atoms with van der Waals surface area (Å²) in [4.78, 5) is 12.3. The Morgan fingerprint density at radius 1 is 1.28 bits per heavy atom. The zero-order valence-corrected chi connectivity index (χ0v) is 11.7. The van der Waals surface area contributed by atoms with Crippen molar-refractivity contribution in [3.05, 3.63) is 34.9 Å². The number of amides is 1. The molecule has 1 amide bonds. The lowest BCUT2D eigenvalue weighted by molar-refractivity contribution is 0.0817. The first-order valence-electron chi connectivity index (χ1n) is 6.48. The van der Waals surface area contributed by atoms with Crippen LogP contribution < -0.4 is 5.32 Å². The van der Waals surface area contributed by atoms with E-state index in [1.165, 1.54) is 0 Å². The fraction of sp³-hybridized carbons (Fsp3) is 0.533. The molecular weight excluding hydrogens is 226 g/mol. The average molecular weight is 249 g/mol. The van der Waals surface area contributed by atoms with Crippen molar-refractivity contribution in [1.29, 1.82) is 0 Å². The number of aryl methyl sites for hydroxylation is 2. The molecule has 0 aliphatic rings. The highest BCUT2D eigenvalue weighted by atomic mass is 16.3. The van der Waals surface area contributed by atoms with Gasteiger partial charge in [0.1, 0.15) is 0 Å². The van der Waals surface area contributed by atoms with Crippen molar-refractivity contribution in [3.63, 3.8) is 0 Å². The Kier molecular flexibility index (Phi) is 4.91. The third-order valence-corrected chi connectivity index (χ3v) is 3.67. The van der Waals surface area contributed by atoms with E-state index < -0.39 is 5.54 Å². The molecule has 100 valence electrons. The van der Waals surface area contributed by atoms with Crippen LogP contribution in [0.5, 0.6) is 0 Å². The predicted molar refractivity (Wildman–Crippen MR) is 73.8 cm³/mol. The molecule has 1 aromatic carbocycles. The summed E-state index contributed by atoms with van der Waals surface area (Å²) < 4.78 is 0. The van der Waals surface area contributed by atoms with E-state index in [2.05, 4.69) is 5.32 Å². The number of carbonyl (C=O) groups is 1. The number of aliphatic hydroxyl groups is 1. The molecule has 18 heavy (non-hydrogen) atoms. The molecule has 3 heteroatoms. The summed E-state index contributed by atoms with van der Waals surface area (Å²) in [5.74, 6) is -0.103. The highest BCUT2D eigenvalue weighted by Crippen LogP contribution is 2.17. The Balaban J connectivity index is 2.97. The van der Waals surface area contributed by atoms with E-state index in [-0.39, 0.29) is 12.5 Å². The first kappa shape index (κ1) is 14.7. The lowest BCUT2D eigenvalue weighted by Gasteiger charge is -2.31. The molecule has 0 bridgehead atoms. The Bertz CT molecular complexity index is 414. The van der Waals surface area contributed by atoms with Gasteiger partial charge in [-0.25, -0.2) is 0 Å². The molecule has 0 aliphatic heterocycles. The van der Waals surface area contributed by atoms with E-state index in [4.69, 9.17) is 0 Å². The topological polar surface area (TPSA) is 49.3 Å². The molecule has 0 atom stereocenters. The van der Waals surface area contributed by atoms with Crippen molar-refractivity contribution in [1.82, 2.24) is 5.32 Å². The summed E-state index contributed by atoms with van der Waals surface area (Å²) in [5.41, 5.74) is 2.20. The second-order valence-corrected chi connectivity index (χ2v) is 4.92. The van der Waals surface area contributed by atoms with Crippen molar-refractivity contribution in [2.45, 2.75) is 46.1 Å². The van der Waals surface area contributed by atoms with E-state index in [0.717, 1.165) is 24.0 Å². The third kappa shape index (κ3) is 3.10. The minimum Gasteiger partial charge on any atom is -0.394 e. The Hall–Kier alpha value is -1.35. The van der Waals surface area contributed by atoms with Gasteiger partial charge in [-0.2, -0.15) is 0 Å². The number of hydrogen-bond donors (Lipinski definition) is 2. The first-order chi connectivity index (χ1) is 8.48. The number of benzene rings is 1. The molecule has 0 radical (unpaired) electrons. The Morgan fingerprint density at radius 2 is 1.89 bits per heavy atom. The van der Waals surface area contributed by atoms with Crippen molar-refractivity contribution >= 4 is 5.91 Å². The van der Waals surface area contributed by atoms with Crippen molar-refractivity contribution < 1.29 is 9.90 Å². The van der Waals surface area contributed by atoms with Crippen molar-refractivity contribution in [3.8, 4) is 0 Å². The van der Waals surface area contributed by atoms with E-state index in [1.54, 1.807) is 0 Å². The zero-order chi connectivity index (χ0) is 13.8. The molecular formula is C15H23NO2. The average Bonchev–Trinajstić information content (AvgIpc) is 2.38. The summed E-state index contributed by atoms with van der Waals surface area (Å²) in [7, 11) is 0. The van der Waals surface area contributed by atoms with Gasteiger partial charge in [0.15, 0.2) is 0 Å². The normalized spacial score (nSPS) is 11.4. The minimum absolute atomic E-state index is 0.0311. The van der Waals surface area contributed by atoms with Crippen molar-refractivity contribution in [2.75, 3.05) is 6.61 Å². The second kappa shape index (κ2) is 6.01. The molecule has 0 heterocycles. The van der Waals surface area contributed by atoms with Gasteiger partial charge in [0.05, 0.1) is 12.1 Å². The summed E-state index contributed by atoms with van der Waals surface area (Å²) in [6.45, 7) is 7.81. The van der Waals surface area contributed by atoms with E-state index >= 15 is 0 Å². The molecule has 0 saturated carbocycles. The quantitative estimate of drug-likeness (QED) is 0.842. The van der Waals surface area contributed by atoms with Crippen LogP contribution in [0.4, 0.5) is 0 Å². The molecule has 0 aliphatic carbocycles. The van der Waals surface area contributed by atoms with Crippen LogP contribution in [0.2, 0.25) is 0 Å². The van der Waals surface area contributed by atoms with Crippen molar-refractivity contribution in [2.24, 2.45) is 0 Å². The van der Waals surface area contributed by atoms with Crippen LogP contribution in [-0.2, 0) is 0 Å². The number of nitrogens with one attached hydrogen (secondary N) is 1. The molecule has 3 nitrogen and oxygen atoms in total. The fourth-order valence-corrected chi connectivity index (χ4v) is 1.98. The molecule has 2 N–H and O–H groups in total. The lowest BCUT2D eigenvalue weighted by atomic mass is 9.93. The van der Waals surface area contributed by atoms with Gasteiger partial charge in [-0.05, 0) is 38.3 Å². The number of rotatable bonds is 5. The zero-order valence-electron chi connectivity index (χ0n) is 11.7. The molecule has 1 rings (SSSR count). The van der Waals surface area contributed by atoms with E-state index in [1.807, 2.05) is 45.9 Å². The highest BCUT2D eigenvalue weighted by Gasteiger charge is 2.27. The molecule has 0 aromatic heterocycles. The monoisotopic (exact) mass is 249 g/mol. The predicted octanol–water partition coefficient (Wildman–Crippen LogP) is 2.58. The van der Waals surface area contributed by atoms with Gasteiger partial charge in [-0.1, -0.05) is 31.5 Å². The van der Waals surface area contributed by atoms with Gasteiger partial charge in [-0.3, -0.25) is 4.79 Å². The van der Waals surface area contributed by atoms with Gasteiger partial charge in [0, 0.05) is 5.56 Å². The maximum Gasteiger partial charge on any atom is 0.252 e. The van der Waals surface area contributed by atoms with Crippen LogP contribution in [0.1, 0.15) is 48.2 Å². The standard InChI is InChI=1S/C15H23NO2/c1-5-15(6-2,10-17)16-14(18)13-9-11(3)7-8-12(13)4/h7-9,17H,5-6,10H2,1-4H3,(H,16,18). The maximum atomic E-state index is 12.3. The van der Waals surface area contributed by atoms with Gasteiger partial charge >= 0.3 is 0 Å². The molecule has 1 aromatic rings. The van der Waals surface area contributed by atoms with Crippen LogP contribution in [0, 0.1) is 13.8 Å². The van der Waals surface area contributed by atoms with Crippen LogP contribution in [0.25, 0.3) is 0 Å². The van der Waals surface area contributed by atoms with E-state index in [9.17, 15) is 9.90 Å². The van der Waals surface area contributed by atoms with Crippen LogP contribution in [0.15, 0.2) is 18.2 Å². The van der Waals surface area contributed by atoms with Crippen LogP contribution in [-0.4, -0.2) is 23.2 Å². The molecule has 0 fully saturated rings. The summed E-state index contributed by atoms with van der Waals surface area (Å²) in [6, 6.07) is 5.83. The Labute approximate surface area is 109 Å². The lowest BCUT2D eigenvalue weighted by Crippen LogP contribution is -2.50. The number of aliphatic hydroxyl groups excluding tert-OH is 1. The summed E-state index contributed by atoms with van der Waals surface area (Å²) in [6.07, 6.45) is 1.44. The van der Waals surface area contributed by atoms with Gasteiger partial charge in [-0.15, -0.1) is 0 Å². The molecule has 0 spiro atoms. The number of hydrogen-bond acceptors (Lipinski definition) is 2. The maximum absolute atomic E-state index is 12.3. The second-order valence-electron chi connectivity index (χ2n) is 4.92. The van der Waals surface area contributed by atoms with Crippen LogP contribution >= 0.6 is 0 Å². The van der Waals surface area contributed by atoms with Gasteiger partial charge in [0.25, 0.3) is 5.91 Å². The SMILES string of the molecule is CCC(CC)(CO)NC(=O)c1cc(C)ccc1C. The minimum atomic E-state index is -0.507. The van der Waals surface area contributed by atoms with Gasteiger partial charge < -0.3 is 10.4 Å². The van der Waals surface area contributed by atoms with Crippen LogP contribution in [0.3, 0.4) is 0 Å². The fourth-order valence-electron chi connectivity index (χ4n) is 1.98.